The molecule has 0 aliphatic carbocycles. The molecule has 2 N–H and O–H groups in total. The highest BCUT2D eigenvalue weighted by Crippen LogP contribution is 2.24. The molecule has 11 nitrogen and oxygen atoms in total. The second kappa shape index (κ2) is 8.90. The molecule has 0 amide bonds. The van der Waals surface area contributed by atoms with Crippen LogP contribution in [0.2, 0.25) is 0 Å². The molecule has 2 aliphatic rings. The summed E-state index contributed by atoms with van der Waals surface area (Å²) >= 11 is 0. The summed E-state index contributed by atoms with van der Waals surface area (Å²) in [5, 5.41) is 4.39. The van der Waals surface area contributed by atoms with Crippen molar-refractivity contribution in [3.05, 3.63) is 42.8 Å². The number of anilines is 3. The molecule has 6 rings (SSSR count). The molecular formula is C23H28N10O. The average molecular weight is 461 g/mol. The number of hydrogen-bond acceptors (Lipinski definition) is 10. The minimum atomic E-state index is 0.276. The summed E-state index contributed by atoms with van der Waals surface area (Å²) in [6.07, 6.45) is 5.77. The Morgan fingerprint density at radius 1 is 0.971 bits per heavy atom. The molecule has 2 aliphatic heterocycles. The van der Waals surface area contributed by atoms with Crippen molar-refractivity contribution in [1.82, 2.24) is 34.4 Å². The fourth-order valence-electron chi connectivity index (χ4n) is 4.91. The van der Waals surface area contributed by atoms with Crippen LogP contribution < -0.4 is 15.5 Å². The maximum Gasteiger partial charge on any atom is 0.259 e. The second-order valence-corrected chi connectivity index (χ2v) is 8.94. The van der Waals surface area contributed by atoms with E-state index in [-0.39, 0.29) is 5.95 Å². The van der Waals surface area contributed by atoms with Crippen LogP contribution in [0.3, 0.4) is 0 Å². The number of pyridine rings is 1. The minimum absolute atomic E-state index is 0.276. The van der Waals surface area contributed by atoms with Gasteiger partial charge in [-0.05, 0) is 43.0 Å². The first-order chi connectivity index (χ1) is 16.7. The molecule has 4 aromatic heterocycles. The van der Waals surface area contributed by atoms with Gasteiger partial charge in [0.15, 0.2) is 5.76 Å². The van der Waals surface area contributed by atoms with Gasteiger partial charge in [-0.15, -0.1) is 5.10 Å². The van der Waals surface area contributed by atoms with Crippen LogP contribution in [-0.4, -0.2) is 80.3 Å². The molecule has 2 saturated heterocycles. The Labute approximate surface area is 197 Å². The molecule has 0 saturated carbocycles. The third-order valence-electron chi connectivity index (χ3n) is 6.63. The summed E-state index contributed by atoms with van der Waals surface area (Å²) in [7, 11) is 0. The van der Waals surface area contributed by atoms with E-state index in [0.29, 0.717) is 29.2 Å². The molecule has 4 aromatic rings. The Bertz CT molecular complexity index is 1230. The smallest absolute Gasteiger partial charge is 0.259 e. The first kappa shape index (κ1) is 20.8. The predicted molar refractivity (Wildman–Crippen MR) is 129 cm³/mol. The van der Waals surface area contributed by atoms with E-state index in [2.05, 4.69) is 51.9 Å². The van der Waals surface area contributed by atoms with E-state index in [0.717, 1.165) is 58.1 Å². The second-order valence-electron chi connectivity index (χ2n) is 8.94. The van der Waals surface area contributed by atoms with Gasteiger partial charge in [0, 0.05) is 52.0 Å². The minimum Gasteiger partial charge on any atom is -0.461 e. The van der Waals surface area contributed by atoms with E-state index in [1.165, 1.54) is 10.9 Å². The molecule has 6 heterocycles. The highest BCUT2D eigenvalue weighted by molar-refractivity contribution is 5.53. The monoisotopic (exact) mass is 460 g/mol. The van der Waals surface area contributed by atoms with E-state index >= 15 is 0 Å². The molecule has 11 heteroatoms. The number of hydrogen-bond donors (Lipinski definition) is 1. The number of rotatable bonds is 5. The Morgan fingerprint density at radius 3 is 2.68 bits per heavy atom. The van der Waals surface area contributed by atoms with Crippen molar-refractivity contribution in [2.75, 3.05) is 61.3 Å². The number of nitrogens with two attached hydrogens (primary N) is 1. The SMILES string of the molecule is Nc1nc(N2CCCC(CN3CCN(c4ccccn4)CC3)C2)nc2nc(-c3ccco3)nn12. The lowest BCUT2D eigenvalue weighted by Gasteiger charge is -2.39. The zero-order valence-corrected chi connectivity index (χ0v) is 19.0. The van der Waals surface area contributed by atoms with Crippen molar-refractivity contribution in [2.45, 2.75) is 12.8 Å². The largest absolute Gasteiger partial charge is 0.461 e. The van der Waals surface area contributed by atoms with Crippen molar-refractivity contribution in [2.24, 2.45) is 5.92 Å². The number of piperidine rings is 1. The quantitative estimate of drug-likeness (QED) is 0.472. The number of nitrogen functional groups attached to an aromatic ring is 1. The number of nitrogens with zero attached hydrogens (tertiary/aromatic N) is 9. The fourth-order valence-corrected chi connectivity index (χ4v) is 4.91. The van der Waals surface area contributed by atoms with Crippen LogP contribution in [0.25, 0.3) is 17.4 Å². The normalized spacial score (nSPS) is 19.7. The summed E-state index contributed by atoms with van der Waals surface area (Å²) in [5.41, 5.74) is 6.21. The van der Waals surface area contributed by atoms with Gasteiger partial charge in [-0.3, -0.25) is 4.90 Å². The maximum absolute atomic E-state index is 6.21. The number of aromatic nitrogens is 6. The molecule has 1 atom stereocenters. The summed E-state index contributed by atoms with van der Waals surface area (Å²) in [5.74, 6) is 3.98. The maximum atomic E-state index is 6.21. The van der Waals surface area contributed by atoms with Gasteiger partial charge in [0.1, 0.15) is 5.82 Å². The van der Waals surface area contributed by atoms with Crippen LogP contribution >= 0.6 is 0 Å². The predicted octanol–water partition coefficient (Wildman–Crippen LogP) is 1.80. The standard InChI is InChI=1S/C23H28N10O/c24-21-27-22(28-23-26-20(29-33(21)23)18-6-4-14-34-18)32-9-3-5-17(16-32)15-30-10-12-31(13-11-30)19-7-1-2-8-25-19/h1-2,4,6-8,14,17H,3,5,9-13,15-16H2,(H2,24,26,27,28,29). The molecule has 0 bridgehead atoms. The van der Waals surface area contributed by atoms with Gasteiger partial charge >= 0.3 is 0 Å². The third kappa shape index (κ3) is 4.14. The topological polar surface area (TPSA) is 118 Å². The fraction of sp³-hybridized carbons (Fsp3) is 0.435. The van der Waals surface area contributed by atoms with Crippen LogP contribution in [-0.2, 0) is 0 Å². The van der Waals surface area contributed by atoms with Gasteiger partial charge in [0.2, 0.25) is 17.7 Å². The van der Waals surface area contributed by atoms with Gasteiger partial charge in [0.05, 0.1) is 6.26 Å². The summed E-state index contributed by atoms with van der Waals surface area (Å²) in [6.45, 7) is 7.03. The van der Waals surface area contributed by atoms with Crippen LogP contribution in [0, 0.1) is 5.92 Å². The molecular weight excluding hydrogens is 432 g/mol. The van der Waals surface area contributed by atoms with Crippen LogP contribution in [0.4, 0.5) is 17.7 Å². The van der Waals surface area contributed by atoms with Crippen molar-refractivity contribution in [3.8, 4) is 11.6 Å². The number of piperazine rings is 1. The number of furan rings is 1. The Kier molecular flexibility index (Phi) is 5.46. The van der Waals surface area contributed by atoms with E-state index in [1.807, 2.05) is 18.3 Å². The first-order valence-corrected chi connectivity index (χ1v) is 11.8. The molecule has 0 spiro atoms. The van der Waals surface area contributed by atoms with Crippen LogP contribution in [0.5, 0.6) is 0 Å². The van der Waals surface area contributed by atoms with Crippen molar-refractivity contribution >= 4 is 23.5 Å². The lowest BCUT2D eigenvalue weighted by Crippen LogP contribution is -2.50. The van der Waals surface area contributed by atoms with E-state index in [9.17, 15) is 0 Å². The van der Waals surface area contributed by atoms with Crippen molar-refractivity contribution < 1.29 is 4.42 Å². The highest BCUT2D eigenvalue weighted by Gasteiger charge is 2.27. The Morgan fingerprint density at radius 2 is 1.88 bits per heavy atom. The molecule has 0 radical (unpaired) electrons. The summed E-state index contributed by atoms with van der Waals surface area (Å²) in [6, 6.07) is 9.71. The van der Waals surface area contributed by atoms with Gasteiger partial charge in [0.25, 0.3) is 5.78 Å². The van der Waals surface area contributed by atoms with Gasteiger partial charge in [-0.1, -0.05) is 6.07 Å². The lowest BCUT2D eigenvalue weighted by molar-refractivity contribution is 0.205. The average Bonchev–Trinajstić information content (AvgIpc) is 3.56. The first-order valence-electron chi connectivity index (χ1n) is 11.8. The van der Waals surface area contributed by atoms with E-state index in [4.69, 9.17) is 10.2 Å². The Balaban J connectivity index is 1.11. The van der Waals surface area contributed by atoms with Gasteiger partial charge < -0.3 is 20.0 Å². The zero-order valence-electron chi connectivity index (χ0n) is 19.0. The van der Waals surface area contributed by atoms with Crippen molar-refractivity contribution in [1.29, 1.82) is 0 Å². The van der Waals surface area contributed by atoms with E-state index in [1.54, 1.807) is 12.3 Å². The molecule has 2 fully saturated rings. The lowest BCUT2D eigenvalue weighted by atomic mass is 9.97. The third-order valence-corrected chi connectivity index (χ3v) is 6.63. The highest BCUT2D eigenvalue weighted by atomic mass is 16.3. The van der Waals surface area contributed by atoms with E-state index < -0.39 is 0 Å². The molecule has 34 heavy (non-hydrogen) atoms. The summed E-state index contributed by atoms with van der Waals surface area (Å²) in [4.78, 5) is 25.4. The van der Waals surface area contributed by atoms with Crippen molar-refractivity contribution in [3.63, 3.8) is 0 Å². The van der Waals surface area contributed by atoms with Crippen LogP contribution in [0.1, 0.15) is 12.8 Å². The van der Waals surface area contributed by atoms with Gasteiger partial charge in [-0.2, -0.15) is 19.5 Å². The molecule has 0 aromatic carbocycles. The zero-order chi connectivity index (χ0) is 22.9. The molecule has 1 unspecified atom stereocenters. The molecule has 176 valence electrons. The Hall–Kier alpha value is -3.73. The summed E-state index contributed by atoms with van der Waals surface area (Å²) < 4.78 is 6.87. The van der Waals surface area contributed by atoms with Crippen LogP contribution in [0.15, 0.2) is 47.2 Å². The number of fused-ring (bicyclic) bond motifs is 1. The van der Waals surface area contributed by atoms with Gasteiger partial charge in [-0.25, -0.2) is 4.98 Å².